The monoisotopic (exact) mass is 265 g/mol. The van der Waals surface area contributed by atoms with Crippen molar-refractivity contribution in [1.82, 2.24) is 4.90 Å². The molecular formula is C13H15NO3S. The van der Waals surface area contributed by atoms with Gasteiger partial charge in [0.25, 0.3) is 0 Å². The molecule has 0 saturated carbocycles. The lowest BCUT2D eigenvalue weighted by Crippen LogP contribution is -2.33. The summed E-state index contributed by atoms with van der Waals surface area (Å²) in [7, 11) is 1.29. The molecule has 2 rings (SSSR count). The molecule has 0 saturated heterocycles. The van der Waals surface area contributed by atoms with Gasteiger partial charge in [0.15, 0.2) is 0 Å². The molecule has 5 heteroatoms. The van der Waals surface area contributed by atoms with Crippen LogP contribution in [0.1, 0.15) is 12.0 Å². The van der Waals surface area contributed by atoms with Crippen LogP contribution in [-0.2, 0) is 20.9 Å². The minimum absolute atomic E-state index is 0.167. The number of carbonyl (C=O) groups excluding carboxylic acids is 2. The maximum atomic E-state index is 11.9. The van der Waals surface area contributed by atoms with E-state index in [4.69, 9.17) is 0 Å². The highest BCUT2D eigenvalue weighted by Crippen LogP contribution is 2.27. The van der Waals surface area contributed by atoms with Crippen LogP contribution in [0.25, 0.3) is 0 Å². The Morgan fingerprint density at radius 2 is 2.17 bits per heavy atom. The summed E-state index contributed by atoms with van der Waals surface area (Å²) in [6.45, 7) is 1.23. The zero-order valence-corrected chi connectivity index (χ0v) is 11.0. The van der Waals surface area contributed by atoms with Crippen LogP contribution in [0.4, 0.5) is 0 Å². The first-order valence-electron chi connectivity index (χ1n) is 5.76. The van der Waals surface area contributed by atoms with E-state index >= 15 is 0 Å². The Morgan fingerprint density at radius 3 is 2.94 bits per heavy atom. The molecule has 1 aliphatic rings. The Kier molecular flexibility index (Phi) is 4.25. The number of thioether (sulfide) groups is 1. The van der Waals surface area contributed by atoms with Crippen molar-refractivity contribution in [1.29, 1.82) is 0 Å². The van der Waals surface area contributed by atoms with E-state index < -0.39 is 5.97 Å². The molecule has 1 aliphatic heterocycles. The third-order valence-corrected chi connectivity index (χ3v) is 3.92. The number of carbonyl (C=O) groups is 2. The highest BCUT2D eigenvalue weighted by Gasteiger charge is 2.21. The maximum Gasteiger partial charge on any atom is 0.315 e. The Bertz CT molecular complexity index is 461. The van der Waals surface area contributed by atoms with Gasteiger partial charge in [-0.3, -0.25) is 9.59 Å². The summed E-state index contributed by atoms with van der Waals surface area (Å²) in [5.74, 6) is 0.202. The van der Waals surface area contributed by atoms with Crippen LogP contribution in [-0.4, -0.2) is 36.2 Å². The number of methoxy groups -OCH3 is 1. The quantitative estimate of drug-likeness (QED) is 0.603. The van der Waals surface area contributed by atoms with Crippen molar-refractivity contribution < 1.29 is 14.3 Å². The number of rotatable bonds is 2. The van der Waals surface area contributed by atoms with Crippen LogP contribution >= 0.6 is 11.8 Å². The summed E-state index contributed by atoms with van der Waals surface area (Å²) >= 11 is 1.75. The number of esters is 1. The molecular weight excluding hydrogens is 250 g/mol. The fraction of sp³-hybridized carbons (Fsp3) is 0.385. The number of nitrogens with zero attached hydrogens (tertiary/aromatic N) is 1. The molecule has 1 aromatic carbocycles. The van der Waals surface area contributed by atoms with E-state index in [1.165, 1.54) is 12.0 Å². The number of hydrogen-bond donors (Lipinski definition) is 0. The summed E-state index contributed by atoms with van der Waals surface area (Å²) in [5.41, 5.74) is 1.14. The van der Waals surface area contributed by atoms with Crippen LogP contribution < -0.4 is 0 Å². The SMILES string of the molecule is COC(=O)CC(=O)N1CCSc2ccccc2C1. The molecule has 0 radical (unpaired) electrons. The zero-order valence-electron chi connectivity index (χ0n) is 10.2. The molecule has 96 valence electrons. The predicted molar refractivity (Wildman–Crippen MR) is 69.2 cm³/mol. The van der Waals surface area contributed by atoms with Gasteiger partial charge in [0.2, 0.25) is 5.91 Å². The number of amides is 1. The summed E-state index contributed by atoms with van der Waals surface area (Å²) in [6, 6.07) is 8.05. The lowest BCUT2D eigenvalue weighted by molar-refractivity contribution is -0.146. The number of hydrogen-bond acceptors (Lipinski definition) is 4. The summed E-state index contributed by atoms with van der Waals surface area (Å²) in [6.07, 6.45) is -0.177. The number of fused-ring (bicyclic) bond motifs is 1. The van der Waals surface area contributed by atoms with Gasteiger partial charge in [-0.15, -0.1) is 11.8 Å². The fourth-order valence-electron chi connectivity index (χ4n) is 1.85. The molecule has 1 amide bonds. The van der Waals surface area contributed by atoms with Gasteiger partial charge >= 0.3 is 5.97 Å². The van der Waals surface area contributed by atoms with E-state index in [1.54, 1.807) is 16.7 Å². The molecule has 18 heavy (non-hydrogen) atoms. The summed E-state index contributed by atoms with van der Waals surface area (Å²) in [5, 5.41) is 0. The number of ether oxygens (including phenoxy) is 1. The molecule has 0 unspecified atom stereocenters. The molecule has 0 aromatic heterocycles. The molecule has 0 atom stereocenters. The standard InChI is InChI=1S/C13H15NO3S/c1-17-13(16)8-12(15)14-6-7-18-11-5-3-2-4-10(11)9-14/h2-5H,6-9H2,1H3. The van der Waals surface area contributed by atoms with E-state index in [9.17, 15) is 9.59 Å². The van der Waals surface area contributed by atoms with Crippen LogP contribution in [0.2, 0.25) is 0 Å². The Labute approximate surface area is 110 Å². The lowest BCUT2D eigenvalue weighted by atomic mass is 10.2. The second-order valence-corrected chi connectivity index (χ2v) is 5.16. The molecule has 0 spiro atoms. The minimum atomic E-state index is -0.481. The predicted octanol–water partition coefficient (Wildman–Crippen LogP) is 1.68. The second kappa shape index (κ2) is 5.91. The Hall–Kier alpha value is -1.49. The molecule has 4 nitrogen and oxygen atoms in total. The van der Waals surface area contributed by atoms with Crippen molar-refractivity contribution in [3.8, 4) is 0 Å². The van der Waals surface area contributed by atoms with Crippen molar-refractivity contribution in [2.45, 2.75) is 17.9 Å². The fourth-order valence-corrected chi connectivity index (χ4v) is 2.87. The van der Waals surface area contributed by atoms with E-state index in [-0.39, 0.29) is 12.3 Å². The summed E-state index contributed by atoms with van der Waals surface area (Å²) in [4.78, 5) is 26.0. The molecule has 1 heterocycles. The molecule has 0 aliphatic carbocycles. The normalized spacial score (nSPS) is 14.6. The first-order chi connectivity index (χ1) is 8.70. The third-order valence-electron chi connectivity index (χ3n) is 2.83. The topological polar surface area (TPSA) is 46.6 Å². The highest BCUT2D eigenvalue weighted by molar-refractivity contribution is 7.99. The van der Waals surface area contributed by atoms with E-state index in [0.29, 0.717) is 13.1 Å². The molecule has 0 fully saturated rings. The second-order valence-electron chi connectivity index (χ2n) is 4.02. The van der Waals surface area contributed by atoms with Crippen molar-refractivity contribution in [3.05, 3.63) is 29.8 Å². The van der Waals surface area contributed by atoms with Gasteiger partial charge in [-0.2, -0.15) is 0 Å². The van der Waals surface area contributed by atoms with Crippen molar-refractivity contribution in [2.24, 2.45) is 0 Å². The molecule has 0 bridgehead atoms. The van der Waals surface area contributed by atoms with E-state index in [2.05, 4.69) is 10.8 Å². The first kappa shape index (κ1) is 13.0. The van der Waals surface area contributed by atoms with Gasteiger partial charge in [-0.05, 0) is 11.6 Å². The van der Waals surface area contributed by atoms with Gasteiger partial charge in [0.05, 0.1) is 7.11 Å². The Morgan fingerprint density at radius 1 is 1.39 bits per heavy atom. The Balaban J connectivity index is 2.08. The molecule has 0 N–H and O–H groups in total. The van der Waals surface area contributed by atoms with Crippen LogP contribution in [0.5, 0.6) is 0 Å². The average molecular weight is 265 g/mol. The first-order valence-corrected chi connectivity index (χ1v) is 6.74. The zero-order chi connectivity index (χ0) is 13.0. The third kappa shape index (κ3) is 3.04. The van der Waals surface area contributed by atoms with Crippen LogP contribution in [0.3, 0.4) is 0 Å². The van der Waals surface area contributed by atoms with E-state index in [1.807, 2.05) is 18.2 Å². The van der Waals surface area contributed by atoms with Gasteiger partial charge < -0.3 is 9.64 Å². The summed E-state index contributed by atoms with van der Waals surface area (Å²) < 4.78 is 4.52. The number of benzene rings is 1. The van der Waals surface area contributed by atoms with Crippen molar-refractivity contribution >= 4 is 23.6 Å². The van der Waals surface area contributed by atoms with Crippen LogP contribution in [0.15, 0.2) is 29.2 Å². The average Bonchev–Trinajstić information content (AvgIpc) is 2.60. The highest BCUT2D eigenvalue weighted by atomic mass is 32.2. The smallest absolute Gasteiger partial charge is 0.315 e. The minimum Gasteiger partial charge on any atom is -0.469 e. The molecule has 1 aromatic rings. The van der Waals surface area contributed by atoms with Gasteiger partial charge in [0.1, 0.15) is 6.42 Å². The van der Waals surface area contributed by atoms with Gasteiger partial charge in [-0.1, -0.05) is 18.2 Å². The van der Waals surface area contributed by atoms with Crippen molar-refractivity contribution in [3.63, 3.8) is 0 Å². The largest absolute Gasteiger partial charge is 0.469 e. The van der Waals surface area contributed by atoms with Crippen LogP contribution in [0, 0.1) is 0 Å². The van der Waals surface area contributed by atoms with E-state index in [0.717, 1.165) is 11.3 Å². The lowest BCUT2D eigenvalue weighted by Gasteiger charge is -2.19. The van der Waals surface area contributed by atoms with Crippen molar-refractivity contribution in [2.75, 3.05) is 19.4 Å². The maximum absolute atomic E-state index is 11.9. The van der Waals surface area contributed by atoms with Gasteiger partial charge in [-0.25, -0.2) is 0 Å². The van der Waals surface area contributed by atoms with Gasteiger partial charge in [0, 0.05) is 23.7 Å².